The Balaban J connectivity index is 1.42. The van der Waals surface area contributed by atoms with Crippen molar-refractivity contribution in [1.29, 1.82) is 0 Å². The maximum absolute atomic E-state index is 13.2. The molecule has 1 fully saturated rings. The maximum Gasteiger partial charge on any atom is 0.333 e. The Labute approximate surface area is 211 Å². The van der Waals surface area contributed by atoms with Crippen molar-refractivity contribution in [2.24, 2.45) is 11.1 Å². The van der Waals surface area contributed by atoms with E-state index in [0.29, 0.717) is 39.1 Å². The minimum Gasteiger partial charge on any atom is -0.367 e. The Morgan fingerprint density at radius 1 is 1.21 bits per heavy atom. The topological polar surface area (TPSA) is 124 Å². The summed E-state index contributed by atoms with van der Waals surface area (Å²) in [6.07, 6.45) is 5.78. The van der Waals surface area contributed by atoms with Crippen LogP contribution in [0.2, 0.25) is 10.0 Å². The van der Waals surface area contributed by atoms with Crippen LogP contribution in [0.1, 0.15) is 45.6 Å². The highest BCUT2D eigenvalue weighted by molar-refractivity contribution is 7.84. The van der Waals surface area contributed by atoms with Crippen LogP contribution >= 0.6 is 34.5 Å². The third-order valence-electron chi connectivity index (χ3n) is 5.58. The standard InChI is InChI=1S/C22H22Cl2N4O4S2/c23-18-4-2-13(7-19(18)24)5-15-8-20(33-11-15)21(29)17-9-26-12-27-22(17)28-16-3-1-14(6-16)10-32-34(25,30)31/h2,4,7-9,11-12,14,16H,1,3,5-6,10H2,(H2,25,30,31)(H,26,27,28)/t14-,16+/m1/s1. The van der Waals surface area contributed by atoms with Gasteiger partial charge in [-0.2, -0.15) is 8.42 Å². The number of halogens is 2. The Hall–Kier alpha value is -2.08. The summed E-state index contributed by atoms with van der Waals surface area (Å²) < 4.78 is 26.8. The summed E-state index contributed by atoms with van der Waals surface area (Å²) in [6, 6.07) is 7.38. The average molecular weight is 541 g/mol. The lowest BCUT2D eigenvalue weighted by atomic mass is 10.1. The van der Waals surface area contributed by atoms with Gasteiger partial charge in [0.25, 0.3) is 0 Å². The number of hydrogen-bond acceptors (Lipinski definition) is 8. The molecule has 2 atom stereocenters. The zero-order valence-electron chi connectivity index (χ0n) is 17.9. The highest BCUT2D eigenvalue weighted by atomic mass is 35.5. The molecule has 34 heavy (non-hydrogen) atoms. The second-order valence-corrected chi connectivity index (χ2v) is 11.1. The van der Waals surface area contributed by atoms with Gasteiger partial charge in [-0.15, -0.1) is 11.3 Å². The molecular formula is C22H22Cl2N4O4S2. The minimum absolute atomic E-state index is 0.0316. The monoisotopic (exact) mass is 540 g/mol. The lowest BCUT2D eigenvalue weighted by Gasteiger charge is -2.15. The van der Waals surface area contributed by atoms with Crippen molar-refractivity contribution in [3.8, 4) is 0 Å². The predicted octanol–water partition coefficient (Wildman–Crippen LogP) is 4.47. The van der Waals surface area contributed by atoms with Crippen molar-refractivity contribution < 1.29 is 17.4 Å². The summed E-state index contributed by atoms with van der Waals surface area (Å²) >= 11 is 13.5. The third kappa shape index (κ3) is 6.53. The van der Waals surface area contributed by atoms with Gasteiger partial charge >= 0.3 is 10.3 Å². The molecule has 1 aromatic carbocycles. The van der Waals surface area contributed by atoms with Crippen LogP contribution in [-0.2, 0) is 20.9 Å². The number of rotatable bonds is 9. The van der Waals surface area contributed by atoms with Crippen LogP contribution in [0.25, 0.3) is 0 Å². The molecule has 1 aliphatic rings. The lowest BCUT2D eigenvalue weighted by Crippen LogP contribution is -2.22. The van der Waals surface area contributed by atoms with E-state index in [2.05, 4.69) is 15.3 Å². The number of aromatic nitrogens is 2. The highest BCUT2D eigenvalue weighted by Crippen LogP contribution is 2.30. The van der Waals surface area contributed by atoms with E-state index >= 15 is 0 Å². The largest absolute Gasteiger partial charge is 0.367 e. The molecule has 0 amide bonds. The van der Waals surface area contributed by atoms with Crippen LogP contribution in [0, 0.1) is 5.92 Å². The van der Waals surface area contributed by atoms with Gasteiger partial charge in [0.15, 0.2) is 0 Å². The van der Waals surface area contributed by atoms with Gasteiger partial charge in [-0.25, -0.2) is 15.1 Å². The van der Waals surface area contributed by atoms with Crippen LogP contribution < -0.4 is 10.5 Å². The van der Waals surface area contributed by atoms with Crippen molar-refractivity contribution in [3.05, 3.63) is 73.8 Å². The molecular weight excluding hydrogens is 519 g/mol. The fraction of sp³-hybridized carbons (Fsp3) is 0.318. The van der Waals surface area contributed by atoms with Gasteiger partial charge in [-0.3, -0.25) is 8.98 Å². The predicted molar refractivity (Wildman–Crippen MR) is 133 cm³/mol. The Morgan fingerprint density at radius 3 is 2.79 bits per heavy atom. The molecule has 1 saturated carbocycles. The van der Waals surface area contributed by atoms with E-state index in [9.17, 15) is 13.2 Å². The van der Waals surface area contributed by atoms with Crippen molar-refractivity contribution in [3.63, 3.8) is 0 Å². The second kappa shape index (κ2) is 10.7. The summed E-state index contributed by atoms with van der Waals surface area (Å²) in [4.78, 5) is 22.1. The Morgan fingerprint density at radius 2 is 2.03 bits per heavy atom. The summed E-state index contributed by atoms with van der Waals surface area (Å²) in [5.74, 6) is 0.344. The van der Waals surface area contributed by atoms with Gasteiger partial charge in [0.2, 0.25) is 5.78 Å². The molecule has 3 aromatic rings. The van der Waals surface area contributed by atoms with E-state index in [-0.39, 0.29) is 24.3 Å². The van der Waals surface area contributed by atoms with E-state index in [1.807, 2.05) is 23.6 Å². The first kappa shape index (κ1) is 25.0. The van der Waals surface area contributed by atoms with Crippen molar-refractivity contribution >= 4 is 56.4 Å². The molecule has 0 radical (unpaired) electrons. The van der Waals surface area contributed by atoms with E-state index in [1.165, 1.54) is 23.9 Å². The van der Waals surface area contributed by atoms with Crippen molar-refractivity contribution in [1.82, 2.24) is 9.97 Å². The number of nitrogens with one attached hydrogen (secondary N) is 1. The van der Waals surface area contributed by atoms with Gasteiger partial charge in [0.05, 0.1) is 27.1 Å². The van der Waals surface area contributed by atoms with E-state index in [0.717, 1.165) is 24.0 Å². The maximum atomic E-state index is 13.2. The molecule has 8 nitrogen and oxygen atoms in total. The normalized spacial score (nSPS) is 18.2. The van der Waals surface area contributed by atoms with Crippen LogP contribution in [-0.4, -0.2) is 36.8 Å². The summed E-state index contributed by atoms with van der Waals surface area (Å²) in [6.45, 7) is 0.0450. The van der Waals surface area contributed by atoms with Gasteiger partial charge < -0.3 is 5.32 Å². The smallest absolute Gasteiger partial charge is 0.333 e. The first-order valence-electron chi connectivity index (χ1n) is 10.5. The molecule has 2 heterocycles. The number of carbonyl (C=O) groups excluding carboxylic acids is 1. The molecule has 3 N–H and O–H groups in total. The molecule has 0 bridgehead atoms. The van der Waals surface area contributed by atoms with Crippen LogP contribution in [0.5, 0.6) is 0 Å². The third-order valence-corrected chi connectivity index (χ3v) is 7.76. The molecule has 4 rings (SSSR count). The quantitative estimate of drug-likeness (QED) is 0.383. The first-order valence-corrected chi connectivity index (χ1v) is 13.6. The number of thiophene rings is 1. The first-order chi connectivity index (χ1) is 16.2. The molecule has 1 aliphatic carbocycles. The van der Waals surface area contributed by atoms with E-state index in [1.54, 1.807) is 6.07 Å². The SMILES string of the molecule is NS(=O)(=O)OC[C@@H]1CC[C@H](Nc2ncncc2C(=O)c2cc(Cc3ccc(Cl)c(Cl)c3)cs2)C1. The van der Waals surface area contributed by atoms with Crippen LogP contribution in [0.3, 0.4) is 0 Å². The fourth-order valence-electron chi connectivity index (χ4n) is 3.96. The Bertz CT molecular complexity index is 1300. The van der Waals surface area contributed by atoms with Crippen molar-refractivity contribution in [2.45, 2.75) is 31.7 Å². The molecule has 0 saturated heterocycles. The molecule has 180 valence electrons. The molecule has 0 unspecified atom stereocenters. The zero-order valence-corrected chi connectivity index (χ0v) is 21.1. The number of ketones is 1. The minimum atomic E-state index is -3.96. The number of nitrogens with two attached hydrogens (primary N) is 1. The number of hydrogen-bond donors (Lipinski definition) is 2. The highest BCUT2D eigenvalue weighted by Gasteiger charge is 2.28. The zero-order chi connectivity index (χ0) is 24.3. The van der Waals surface area contributed by atoms with Gasteiger partial charge in [0, 0.05) is 12.2 Å². The summed E-state index contributed by atoms with van der Waals surface area (Å²) in [5, 5.41) is 11.2. The van der Waals surface area contributed by atoms with Gasteiger partial charge in [-0.05, 0) is 66.3 Å². The number of nitrogens with zero attached hydrogens (tertiary/aromatic N) is 2. The molecule has 2 aromatic heterocycles. The number of benzene rings is 1. The Kier molecular flexibility index (Phi) is 7.86. The van der Waals surface area contributed by atoms with Gasteiger partial charge in [0.1, 0.15) is 12.1 Å². The summed E-state index contributed by atoms with van der Waals surface area (Å²) in [5.41, 5.74) is 2.38. The lowest BCUT2D eigenvalue weighted by molar-refractivity contribution is 0.104. The van der Waals surface area contributed by atoms with Crippen LogP contribution in [0.4, 0.5) is 5.82 Å². The van der Waals surface area contributed by atoms with E-state index < -0.39 is 10.3 Å². The van der Waals surface area contributed by atoms with Crippen molar-refractivity contribution in [2.75, 3.05) is 11.9 Å². The molecule has 12 heteroatoms. The van der Waals surface area contributed by atoms with Crippen LogP contribution in [0.15, 0.2) is 42.2 Å². The molecule has 0 aliphatic heterocycles. The molecule has 0 spiro atoms. The second-order valence-electron chi connectivity index (χ2n) is 8.16. The number of anilines is 1. The number of carbonyl (C=O) groups is 1. The fourth-order valence-corrected chi connectivity index (χ4v) is 5.53. The van der Waals surface area contributed by atoms with Gasteiger partial charge in [-0.1, -0.05) is 29.3 Å². The van der Waals surface area contributed by atoms with E-state index in [4.69, 9.17) is 32.5 Å². The summed E-state index contributed by atoms with van der Waals surface area (Å²) in [7, 11) is -3.96. The average Bonchev–Trinajstić information content (AvgIpc) is 3.44.